The third kappa shape index (κ3) is 3.04. The van der Waals surface area contributed by atoms with E-state index >= 15 is 0 Å². The summed E-state index contributed by atoms with van der Waals surface area (Å²) in [6.07, 6.45) is 1.82. The monoisotopic (exact) mass is 435 g/mol. The molecule has 33 heavy (non-hydrogen) atoms. The predicted molar refractivity (Wildman–Crippen MR) is 130 cm³/mol. The summed E-state index contributed by atoms with van der Waals surface area (Å²) in [6, 6.07) is 22.9. The number of halogens is 1. The molecule has 4 nitrogen and oxygen atoms in total. The summed E-state index contributed by atoms with van der Waals surface area (Å²) in [7, 11) is 0. The molecular formula is C28H22FN3O. The summed E-state index contributed by atoms with van der Waals surface area (Å²) in [5.74, 6) is 0.380. The molecule has 6 rings (SSSR count). The zero-order valence-corrected chi connectivity index (χ0v) is 18.6. The molecule has 5 heteroatoms. The van der Waals surface area contributed by atoms with Gasteiger partial charge in [0, 0.05) is 22.2 Å². The van der Waals surface area contributed by atoms with Gasteiger partial charge in [0.1, 0.15) is 28.3 Å². The number of fused-ring (bicyclic) bond motifs is 4. The van der Waals surface area contributed by atoms with E-state index in [-0.39, 0.29) is 11.2 Å². The Balaban J connectivity index is 1.73. The van der Waals surface area contributed by atoms with Crippen molar-refractivity contribution in [3.63, 3.8) is 0 Å². The molecule has 3 aromatic carbocycles. The summed E-state index contributed by atoms with van der Waals surface area (Å²) in [5.41, 5.74) is 5.44. The van der Waals surface area contributed by atoms with Gasteiger partial charge in [-0.1, -0.05) is 57.2 Å². The average Bonchev–Trinajstić information content (AvgIpc) is 3.38. The van der Waals surface area contributed by atoms with Crippen molar-refractivity contribution in [2.45, 2.75) is 26.2 Å². The van der Waals surface area contributed by atoms with Gasteiger partial charge in [0.2, 0.25) is 0 Å². The summed E-state index contributed by atoms with van der Waals surface area (Å²) in [4.78, 5) is 9.62. The molecule has 0 radical (unpaired) electrons. The van der Waals surface area contributed by atoms with E-state index in [1.165, 1.54) is 6.07 Å². The summed E-state index contributed by atoms with van der Waals surface area (Å²) in [6.45, 7) is 6.43. The number of hydrogen-bond acceptors (Lipinski definition) is 3. The molecule has 3 heterocycles. The van der Waals surface area contributed by atoms with Gasteiger partial charge in [-0.2, -0.15) is 0 Å². The molecule has 0 aliphatic carbocycles. The van der Waals surface area contributed by atoms with E-state index < -0.39 is 0 Å². The van der Waals surface area contributed by atoms with E-state index in [2.05, 4.69) is 36.4 Å². The van der Waals surface area contributed by atoms with Crippen LogP contribution in [0.2, 0.25) is 0 Å². The van der Waals surface area contributed by atoms with Gasteiger partial charge in [-0.25, -0.2) is 9.37 Å². The lowest BCUT2D eigenvalue weighted by Gasteiger charge is -2.18. The first-order valence-corrected chi connectivity index (χ1v) is 11.0. The molecule has 0 aliphatic heterocycles. The number of nitrogens with zero attached hydrogens (tertiary/aromatic N) is 3. The molecule has 0 spiro atoms. The number of aromatic nitrogens is 3. The van der Waals surface area contributed by atoms with Crippen molar-refractivity contribution in [3.8, 4) is 17.1 Å². The van der Waals surface area contributed by atoms with E-state index in [9.17, 15) is 4.39 Å². The molecule has 6 aromatic rings. The minimum Gasteiger partial charge on any atom is -0.455 e. The topological polar surface area (TPSA) is 43.9 Å². The highest BCUT2D eigenvalue weighted by Gasteiger charge is 2.23. The molecule has 0 unspecified atom stereocenters. The van der Waals surface area contributed by atoms with Crippen LogP contribution in [-0.4, -0.2) is 14.5 Å². The molecule has 0 saturated heterocycles. The van der Waals surface area contributed by atoms with E-state index in [4.69, 9.17) is 9.40 Å². The van der Waals surface area contributed by atoms with Gasteiger partial charge in [0.15, 0.2) is 0 Å². The fraction of sp³-hybridized carbons (Fsp3) is 0.143. The fourth-order valence-electron chi connectivity index (χ4n) is 4.37. The Morgan fingerprint density at radius 3 is 2.45 bits per heavy atom. The highest BCUT2D eigenvalue weighted by Crippen LogP contribution is 2.39. The minimum absolute atomic E-state index is 0.109. The van der Waals surface area contributed by atoms with Crippen LogP contribution in [0.4, 0.5) is 4.39 Å². The van der Waals surface area contributed by atoms with E-state index in [1.54, 1.807) is 6.07 Å². The lowest BCUT2D eigenvalue weighted by Crippen LogP contribution is -2.13. The van der Waals surface area contributed by atoms with Crippen LogP contribution in [0.5, 0.6) is 0 Å². The summed E-state index contributed by atoms with van der Waals surface area (Å²) >= 11 is 0. The van der Waals surface area contributed by atoms with Crippen LogP contribution in [0.25, 0.3) is 50.0 Å². The Morgan fingerprint density at radius 1 is 0.909 bits per heavy atom. The molecule has 0 bridgehead atoms. The molecule has 0 fully saturated rings. The van der Waals surface area contributed by atoms with Crippen LogP contribution in [0.1, 0.15) is 26.5 Å². The number of rotatable bonds is 2. The number of benzene rings is 3. The van der Waals surface area contributed by atoms with Gasteiger partial charge in [0.05, 0.1) is 22.7 Å². The van der Waals surface area contributed by atoms with Crippen LogP contribution < -0.4 is 0 Å². The summed E-state index contributed by atoms with van der Waals surface area (Å²) in [5, 5.41) is 1.23. The first kappa shape index (κ1) is 19.7. The average molecular weight is 436 g/mol. The van der Waals surface area contributed by atoms with Crippen molar-refractivity contribution in [2.24, 2.45) is 0 Å². The van der Waals surface area contributed by atoms with Crippen molar-refractivity contribution >= 4 is 33.0 Å². The number of furan rings is 1. The number of hydrogen-bond donors (Lipinski definition) is 0. The van der Waals surface area contributed by atoms with Crippen LogP contribution in [0, 0.1) is 5.82 Å². The molecule has 3 aromatic heterocycles. The number of para-hydroxylation sites is 2. The first-order chi connectivity index (χ1) is 15.9. The van der Waals surface area contributed by atoms with E-state index in [0.29, 0.717) is 22.4 Å². The quantitative estimate of drug-likeness (QED) is 0.284. The smallest absolute Gasteiger partial charge is 0.149 e. The SMILES string of the molecule is CC(C)(C)c1cc2c(cn1)nc(-c1ccc(F)c3c1oc1ccccc13)n2-c1ccccc1. The van der Waals surface area contributed by atoms with Crippen molar-refractivity contribution < 1.29 is 8.81 Å². The second-order valence-electron chi connectivity index (χ2n) is 9.31. The Morgan fingerprint density at radius 2 is 1.67 bits per heavy atom. The van der Waals surface area contributed by atoms with Crippen LogP contribution in [-0.2, 0) is 5.41 Å². The Bertz CT molecular complexity index is 1660. The Hall–Kier alpha value is -3.99. The highest BCUT2D eigenvalue weighted by molar-refractivity contribution is 6.09. The third-order valence-corrected chi connectivity index (χ3v) is 6.04. The van der Waals surface area contributed by atoms with Crippen LogP contribution in [0.15, 0.2) is 83.4 Å². The third-order valence-electron chi connectivity index (χ3n) is 6.04. The minimum atomic E-state index is -0.308. The molecule has 0 saturated carbocycles. The van der Waals surface area contributed by atoms with E-state index in [0.717, 1.165) is 33.4 Å². The van der Waals surface area contributed by atoms with Gasteiger partial charge in [-0.3, -0.25) is 9.55 Å². The number of pyridine rings is 1. The molecule has 162 valence electrons. The fourth-order valence-corrected chi connectivity index (χ4v) is 4.37. The maximum Gasteiger partial charge on any atom is 0.149 e. The Kier molecular flexibility index (Phi) is 4.18. The normalized spacial score (nSPS) is 12.2. The van der Waals surface area contributed by atoms with Gasteiger partial charge in [-0.15, -0.1) is 0 Å². The largest absolute Gasteiger partial charge is 0.455 e. The standard InChI is InChI=1S/C28H22FN3O/c1-28(2,3)24-15-22-21(16-30-24)31-27(32(22)17-9-5-4-6-10-17)19-13-14-20(29)25-18-11-7-8-12-23(18)33-26(19)25/h4-16H,1-3H3. The van der Waals surface area contributed by atoms with Crippen LogP contribution in [0.3, 0.4) is 0 Å². The zero-order valence-electron chi connectivity index (χ0n) is 18.6. The van der Waals surface area contributed by atoms with Gasteiger partial charge in [-0.05, 0) is 36.4 Å². The van der Waals surface area contributed by atoms with Crippen molar-refractivity contribution in [3.05, 3.63) is 90.5 Å². The first-order valence-electron chi connectivity index (χ1n) is 11.0. The lowest BCUT2D eigenvalue weighted by atomic mass is 9.91. The van der Waals surface area contributed by atoms with Crippen molar-refractivity contribution in [1.29, 1.82) is 0 Å². The zero-order chi connectivity index (χ0) is 22.7. The molecule has 0 aliphatic rings. The molecule has 0 N–H and O–H groups in total. The molecular weight excluding hydrogens is 413 g/mol. The van der Waals surface area contributed by atoms with Crippen LogP contribution >= 0.6 is 0 Å². The lowest BCUT2D eigenvalue weighted by molar-refractivity contribution is 0.570. The maximum absolute atomic E-state index is 15.0. The van der Waals surface area contributed by atoms with Gasteiger partial charge < -0.3 is 4.42 Å². The van der Waals surface area contributed by atoms with Crippen molar-refractivity contribution in [2.75, 3.05) is 0 Å². The molecule has 0 amide bonds. The molecule has 0 atom stereocenters. The number of imidazole rings is 1. The summed E-state index contributed by atoms with van der Waals surface area (Å²) < 4.78 is 23.2. The Labute approximate surface area is 190 Å². The second kappa shape index (κ2) is 7.01. The van der Waals surface area contributed by atoms with Crippen molar-refractivity contribution in [1.82, 2.24) is 14.5 Å². The maximum atomic E-state index is 15.0. The van der Waals surface area contributed by atoms with Gasteiger partial charge in [0.25, 0.3) is 0 Å². The predicted octanol–water partition coefficient (Wildman–Crippen LogP) is 7.42. The van der Waals surface area contributed by atoms with Gasteiger partial charge >= 0.3 is 0 Å². The van der Waals surface area contributed by atoms with E-state index in [1.807, 2.05) is 60.8 Å². The second-order valence-corrected chi connectivity index (χ2v) is 9.31. The highest BCUT2D eigenvalue weighted by atomic mass is 19.1.